The molecule has 1 amide bonds. The first kappa shape index (κ1) is 10.8. The van der Waals surface area contributed by atoms with Crippen molar-refractivity contribution in [3.63, 3.8) is 0 Å². The van der Waals surface area contributed by atoms with E-state index in [1.807, 2.05) is 17.5 Å². The predicted octanol–water partition coefficient (Wildman–Crippen LogP) is 2.21. The van der Waals surface area contributed by atoms with Crippen molar-refractivity contribution in [2.24, 2.45) is 0 Å². The Hall–Kier alpha value is -1.75. The molecule has 0 aliphatic carbocycles. The molecule has 0 saturated carbocycles. The molecule has 16 heavy (non-hydrogen) atoms. The van der Waals surface area contributed by atoms with Crippen molar-refractivity contribution in [3.05, 3.63) is 52.2 Å². The van der Waals surface area contributed by atoms with Crippen LogP contribution in [0.3, 0.4) is 0 Å². The summed E-state index contributed by atoms with van der Waals surface area (Å²) in [5, 5.41) is 4.56. The molecule has 0 aromatic carbocycles. The van der Waals surface area contributed by atoms with Gasteiger partial charge in [0.1, 0.15) is 0 Å². The number of thiophene rings is 1. The fourth-order valence-corrected chi connectivity index (χ4v) is 1.88. The number of pyridine rings is 1. The van der Waals surface area contributed by atoms with Crippen LogP contribution in [0.4, 0.5) is 4.39 Å². The lowest BCUT2D eigenvalue weighted by Gasteiger charge is -2.03. The average Bonchev–Trinajstić information content (AvgIpc) is 2.79. The first-order valence-corrected chi connectivity index (χ1v) is 5.56. The van der Waals surface area contributed by atoms with Gasteiger partial charge >= 0.3 is 0 Å². The van der Waals surface area contributed by atoms with E-state index < -0.39 is 11.9 Å². The Labute approximate surface area is 96.0 Å². The summed E-state index contributed by atoms with van der Waals surface area (Å²) in [5.74, 6) is -1.19. The van der Waals surface area contributed by atoms with Crippen LogP contribution in [0.5, 0.6) is 0 Å². The fourth-order valence-electron chi connectivity index (χ4n) is 1.23. The van der Waals surface area contributed by atoms with Crippen LogP contribution in [0.25, 0.3) is 0 Å². The molecule has 2 heterocycles. The number of aromatic nitrogens is 1. The largest absolute Gasteiger partial charge is 0.347 e. The smallest absolute Gasteiger partial charge is 0.256 e. The second kappa shape index (κ2) is 4.85. The number of carbonyl (C=O) groups is 1. The molecule has 3 nitrogen and oxygen atoms in total. The van der Waals surface area contributed by atoms with Crippen LogP contribution in [0.15, 0.2) is 35.8 Å². The van der Waals surface area contributed by atoms with E-state index in [9.17, 15) is 9.18 Å². The van der Waals surface area contributed by atoms with Crippen molar-refractivity contribution >= 4 is 17.2 Å². The van der Waals surface area contributed by atoms with Gasteiger partial charge in [0.15, 0.2) is 0 Å². The number of carbonyl (C=O) groups excluding carboxylic acids is 1. The second-order valence-electron chi connectivity index (χ2n) is 3.10. The van der Waals surface area contributed by atoms with E-state index in [2.05, 4.69) is 10.3 Å². The summed E-state index contributed by atoms with van der Waals surface area (Å²) >= 11 is 1.54. The third-order valence-corrected chi connectivity index (χ3v) is 2.88. The zero-order valence-electron chi connectivity index (χ0n) is 8.31. The highest BCUT2D eigenvalue weighted by Gasteiger charge is 2.11. The molecule has 1 N–H and O–H groups in total. The minimum absolute atomic E-state index is 0.0287. The van der Waals surface area contributed by atoms with E-state index in [1.165, 1.54) is 18.3 Å². The average molecular weight is 236 g/mol. The van der Waals surface area contributed by atoms with Crippen molar-refractivity contribution in [3.8, 4) is 0 Å². The predicted molar refractivity (Wildman–Crippen MR) is 59.7 cm³/mol. The van der Waals surface area contributed by atoms with Crippen molar-refractivity contribution in [1.82, 2.24) is 10.3 Å². The van der Waals surface area contributed by atoms with Crippen LogP contribution in [-0.2, 0) is 6.54 Å². The van der Waals surface area contributed by atoms with E-state index >= 15 is 0 Å². The molecule has 2 aromatic heterocycles. The molecule has 0 spiro atoms. The maximum atomic E-state index is 13.1. The highest BCUT2D eigenvalue weighted by atomic mass is 32.1. The summed E-state index contributed by atoms with van der Waals surface area (Å²) in [6.45, 7) is 0.408. The molecular formula is C11H9FN2OS. The zero-order chi connectivity index (χ0) is 11.4. The lowest BCUT2D eigenvalue weighted by Crippen LogP contribution is -2.23. The van der Waals surface area contributed by atoms with Gasteiger partial charge in [0.05, 0.1) is 12.1 Å². The third-order valence-electron chi connectivity index (χ3n) is 2.01. The standard InChI is InChI=1S/C11H9FN2OS/c12-10-9(4-1-5-13-10)11(15)14-7-8-3-2-6-16-8/h1-6H,7H2,(H,14,15). The molecule has 0 fully saturated rings. The Morgan fingerprint density at radius 2 is 2.31 bits per heavy atom. The molecule has 5 heteroatoms. The van der Waals surface area contributed by atoms with Crippen LogP contribution in [-0.4, -0.2) is 10.9 Å². The first-order valence-electron chi connectivity index (χ1n) is 4.68. The van der Waals surface area contributed by atoms with Gasteiger partial charge in [-0.1, -0.05) is 6.07 Å². The third kappa shape index (κ3) is 2.43. The van der Waals surface area contributed by atoms with Gasteiger partial charge in [-0.3, -0.25) is 4.79 Å². The number of nitrogens with zero attached hydrogens (tertiary/aromatic N) is 1. The molecule has 0 saturated heterocycles. The van der Waals surface area contributed by atoms with Crippen LogP contribution in [0.2, 0.25) is 0 Å². The summed E-state index contributed by atoms with van der Waals surface area (Å²) < 4.78 is 13.1. The maximum Gasteiger partial charge on any atom is 0.256 e. The number of nitrogens with one attached hydrogen (secondary N) is 1. The van der Waals surface area contributed by atoms with Gasteiger partial charge in [0.25, 0.3) is 5.91 Å². The Morgan fingerprint density at radius 3 is 3.00 bits per heavy atom. The van der Waals surface area contributed by atoms with Gasteiger partial charge in [-0.15, -0.1) is 11.3 Å². The summed E-state index contributed by atoms with van der Waals surface area (Å²) in [4.78, 5) is 16.0. The van der Waals surface area contributed by atoms with Crippen LogP contribution in [0.1, 0.15) is 15.2 Å². The van der Waals surface area contributed by atoms with Gasteiger partial charge in [0.2, 0.25) is 5.95 Å². The Bertz CT molecular complexity index is 484. The van der Waals surface area contributed by atoms with E-state index in [4.69, 9.17) is 0 Å². The van der Waals surface area contributed by atoms with Gasteiger partial charge in [-0.2, -0.15) is 4.39 Å². The van der Waals surface area contributed by atoms with Crippen molar-refractivity contribution in [1.29, 1.82) is 0 Å². The number of hydrogen-bond acceptors (Lipinski definition) is 3. The molecule has 0 unspecified atom stereocenters. The molecule has 2 rings (SSSR count). The molecule has 0 aliphatic rings. The Kier molecular flexibility index (Phi) is 3.26. The highest BCUT2D eigenvalue weighted by molar-refractivity contribution is 7.09. The Morgan fingerprint density at radius 1 is 1.44 bits per heavy atom. The van der Waals surface area contributed by atoms with Crippen LogP contribution >= 0.6 is 11.3 Å². The molecule has 0 bridgehead atoms. The van der Waals surface area contributed by atoms with Crippen molar-refractivity contribution in [2.45, 2.75) is 6.54 Å². The minimum atomic E-state index is -0.744. The first-order chi connectivity index (χ1) is 7.77. The van der Waals surface area contributed by atoms with Gasteiger partial charge in [0, 0.05) is 11.1 Å². The van der Waals surface area contributed by atoms with Crippen molar-refractivity contribution < 1.29 is 9.18 Å². The fraction of sp³-hybridized carbons (Fsp3) is 0.0909. The summed E-state index contributed by atoms with van der Waals surface area (Å²) in [7, 11) is 0. The van der Waals surface area contributed by atoms with E-state index in [0.29, 0.717) is 6.54 Å². The molecule has 2 aromatic rings. The van der Waals surface area contributed by atoms with Crippen LogP contribution in [0, 0.1) is 5.95 Å². The highest BCUT2D eigenvalue weighted by Crippen LogP contribution is 2.08. The summed E-state index contributed by atoms with van der Waals surface area (Å²) in [6.07, 6.45) is 1.31. The second-order valence-corrected chi connectivity index (χ2v) is 4.14. The molecule has 0 atom stereocenters. The Balaban J connectivity index is 2.01. The van der Waals surface area contributed by atoms with Crippen molar-refractivity contribution in [2.75, 3.05) is 0 Å². The van der Waals surface area contributed by atoms with E-state index in [-0.39, 0.29) is 5.56 Å². The molecule has 82 valence electrons. The van der Waals surface area contributed by atoms with Gasteiger partial charge in [-0.05, 0) is 23.6 Å². The number of hydrogen-bond donors (Lipinski definition) is 1. The normalized spacial score (nSPS) is 10.1. The van der Waals surface area contributed by atoms with E-state index in [0.717, 1.165) is 4.88 Å². The van der Waals surface area contributed by atoms with Gasteiger partial charge < -0.3 is 5.32 Å². The summed E-state index contributed by atoms with van der Waals surface area (Å²) in [6, 6.07) is 6.75. The zero-order valence-corrected chi connectivity index (χ0v) is 9.13. The minimum Gasteiger partial charge on any atom is -0.347 e. The SMILES string of the molecule is O=C(NCc1cccs1)c1cccnc1F. The number of halogens is 1. The maximum absolute atomic E-state index is 13.1. The monoisotopic (exact) mass is 236 g/mol. The quantitative estimate of drug-likeness (QED) is 0.830. The number of amides is 1. The molecule has 0 radical (unpaired) electrons. The molecule has 0 aliphatic heterocycles. The molecular weight excluding hydrogens is 227 g/mol. The lowest BCUT2D eigenvalue weighted by atomic mass is 10.2. The summed E-state index contributed by atoms with van der Waals surface area (Å²) in [5.41, 5.74) is -0.0287. The van der Waals surface area contributed by atoms with Crippen LogP contribution < -0.4 is 5.32 Å². The van der Waals surface area contributed by atoms with E-state index in [1.54, 1.807) is 11.3 Å². The topological polar surface area (TPSA) is 42.0 Å². The lowest BCUT2D eigenvalue weighted by molar-refractivity contribution is 0.0946. The number of rotatable bonds is 3. The van der Waals surface area contributed by atoms with Gasteiger partial charge in [-0.25, -0.2) is 4.98 Å².